The molecule has 0 radical (unpaired) electrons. The topological polar surface area (TPSA) is 61.0 Å². The highest BCUT2D eigenvalue weighted by molar-refractivity contribution is 5.95. The van der Waals surface area contributed by atoms with E-state index in [-0.39, 0.29) is 5.91 Å². The smallest absolute Gasteiger partial charge is 0.257 e. The molecule has 0 bridgehead atoms. The largest absolute Gasteiger partial charge is 0.338 e. The molecule has 2 aliphatic rings. The van der Waals surface area contributed by atoms with Gasteiger partial charge in [0, 0.05) is 24.8 Å². The van der Waals surface area contributed by atoms with Crippen molar-refractivity contribution in [2.45, 2.75) is 38.6 Å². The number of aromatic nitrogens is 2. The van der Waals surface area contributed by atoms with Crippen LogP contribution in [0.15, 0.2) is 6.20 Å². The molecule has 0 aromatic carbocycles. The first kappa shape index (κ1) is 12.7. The zero-order valence-electron chi connectivity index (χ0n) is 11.5. The Hall–Kier alpha value is -1.36. The zero-order valence-corrected chi connectivity index (χ0v) is 11.5. The van der Waals surface area contributed by atoms with Crippen LogP contribution in [-0.2, 0) is 0 Å². The van der Waals surface area contributed by atoms with E-state index in [1.165, 1.54) is 19.3 Å². The molecule has 2 aliphatic heterocycles. The molecule has 2 saturated heterocycles. The van der Waals surface area contributed by atoms with Gasteiger partial charge < -0.3 is 10.2 Å². The quantitative estimate of drug-likeness (QED) is 0.845. The van der Waals surface area contributed by atoms with E-state index < -0.39 is 0 Å². The standard InChI is InChI=1S/C14H22N4O/c1-10-12(8-16-17-10)14(19)18-7-3-4-11(9-18)13-5-2-6-15-13/h8,11,13,15H,2-7,9H2,1H3,(H,16,17). The van der Waals surface area contributed by atoms with E-state index in [1.54, 1.807) is 6.20 Å². The third-order valence-corrected chi connectivity index (χ3v) is 4.47. The zero-order chi connectivity index (χ0) is 13.2. The van der Waals surface area contributed by atoms with Crippen molar-refractivity contribution in [3.05, 3.63) is 17.5 Å². The Balaban J connectivity index is 1.67. The minimum Gasteiger partial charge on any atom is -0.338 e. The fraction of sp³-hybridized carbons (Fsp3) is 0.714. The van der Waals surface area contributed by atoms with E-state index in [9.17, 15) is 4.79 Å². The number of nitrogens with zero attached hydrogens (tertiary/aromatic N) is 2. The second-order valence-electron chi connectivity index (χ2n) is 5.76. The van der Waals surface area contributed by atoms with Crippen molar-refractivity contribution in [2.75, 3.05) is 19.6 Å². The average Bonchev–Trinajstić information content (AvgIpc) is 3.09. The second kappa shape index (κ2) is 5.33. The molecule has 0 saturated carbocycles. The molecule has 5 nitrogen and oxygen atoms in total. The van der Waals surface area contributed by atoms with Gasteiger partial charge in [-0.2, -0.15) is 5.10 Å². The number of H-pyrrole nitrogens is 1. The van der Waals surface area contributed by atoms with Crippen LogP contribution in [0.3, 0.4) is 0 Å². The van der Waals surface area contributed by atoms with Crippen molar-refractivity contribution in [2.24, 2.45) is 5.92 Å². The maximum atomic E-state index is 12.5. The normalized spacial score (nSPS) is 27.7. The summed E-state index contributed by atoms with van der Waals surface area (Å²) in [4.78, 5) is 14.5. The van der Waals surface area contributed by atoms with Crippen molar-refractivity contribution in [3.8, 4) is 0 Å². The summed E-state index contributed by atoms with van der Waals surface area (Å²) < 4.78 is 0. The van der Waals surface area contributed by atoms with Gasteiger partial charge in [0.25, 0.3) is 5.91 Å². The summed E-state index contributed by atoms with van der Waals surface area (Å²) in [5.41, 5.74) is 1.59. The summed E-state index contributed by atoms with van der Waals surface area (Å²) in [6, 6.07) is 0.612. The molecular weight excluding hydrogens is 240 g/mol. The SMILES string of the molecule is Cc1[nH]ncc1C(=O)N1CCCC(C2CCCN2)C1. The summed E-state index contributed by atoms with van der Waals surface area (Å²) in [7, 11) is 0. The molecule has 0 spiro atoms. The highest BCUT2D eigenvalue weighted by Gasteiger charge is 2.31. The number of likely N-dealkylation sites (tertiary alicyclic amines) is 1. The van der Waals surface area contributed by atoms with Crippen LogP contribution in [0, 0.1) is 12.8 Å². The third kappa shape index (κ3) is 2.52. The van der Waals surface area contributed by atoms with Crippen LogP contribution in [0.2, 0.25) is 0 Å². The molecule has 3 rings (SSSR count). The Bertz CT molecular complexity index is 450. The number of piperidine rings is 1. The van der Waals surface area contributed by atoms with Gasteiger partial charge in [0.2, 0.25) is 0 Å². The highest BCUT2D eigenvalue weighted by atomic mass is 16.2. The number of hydrogen-bond donors (Lipinski definition) is 2. The first-order chi connectivity index (χ1) is 9.25. The maximum Gasteiger partial charge on any atom is 0.257 e. The van der Waals surface area contributed by atoms with Crippen molar-refractivity contribution in [1.29, 1.82) is 0 Å². The van der Waals surface area contributed by atoms with Gasteiger partial charge in [-0.05, 0) is 45.1 Å². The third-order valence-electron chi connectivity index (χ3n) is 4.47. The van der Waals surface area contributed by atoms with Gasteiger partial charge in [0.05, 0.1) is 11.8 Å². The van der Waals surface area contributed by atoms with Crippen LogP contribution in [-0.4, -0.2) is 46.7 Å². The number of amides is 1. The summed E-state index contributed by atoms with van der Waals surface area (Å²) >= 11 is 0. The van der Waals surface area contributed by atoms with E-state index in [1.807, 2.05) is 11.8 Å². The molecule has 2 fully saturated rings. The van der Waals surface area contributed by atoms with Crippen LogP contribution in [0.25, 0.3) is 0 Å². The molecule has 0 aliphatic carbocycles. The average molecular weight is 262 g/mol. The van der Waals surface area contributed by atoms with Gasteiger partial charge in [-0.25, -0.2) is 0 Å². The molecule has 2 atom stereocenters. The first-order valence-electron chi connectivity index (χ1n) is 7.28. The van der Waals surface area contributed by atoms with Gasteiger partial charge in [-0.1, -0.05) is 0 Å². The number of nitrogens with one attached hydrogen (secondary N) is 2. The number of aryl methyl sites for hydroxylation is 1. The lowest BCUT2D eigenvalue weighted by Gasteiger charge is -2.35. The first-order valence-corrected chi connectivity index (χ1v) is 7.28. The molecule has 2 unspecified atom stereocenters. The second-order valence-corrected chi connectivity index (χ2v) is 5.76. The molecule has 1 aromatic heterocycles. The fourth-order valence-corrected chi connectivity index (χ4v) is 3.37. The molecule has 1 aromatic rings. The Labute approximate surface area is 113 Å². The van der Waals surface area contributed by atoms with Gasteiger partial charge in [0.1, 0.15) is 0 Å². The lowest BCUT2D eigenvalue weighted by atomic mass is 9.89. The molecule has 1 amide bonds. The van der Waals surface area contributed by atoms with Crippen LogP contribution >= 0.6 is 0 Å². The van der Waals surface area contributed by atoms with E-state index in [0.29, 0.717) is 12.0 Å². The number of rotatable bonds is 2. The Kier molecular flexibility index (Phi) is 3.55. The molecule has 104 valence electrons. The van der Waals surface area contributed by atoms with Crippen LogP contribution in [0.1, 0.15) is 41.7 Å². The van der Waals surface area contributed by atoms with Crippen molar-refractivity contribution >= 4 is 5.91 Å². The predicted octanol–water partition coefficient (Wildman–Crippen LogP) is 1.32. The minimum absolute atomic E-state index is 0.133. The predicted molar refractivity (Wildman–Crippen MR) is 73.0 cm³/mol. The van der Waals surface area contributed by atoms with E-state index in [4.69, 9.17) is 0 Å². The fourth-order valence-electron chi connectivity index (χ4n) is 3.37. The molecule has 19 heavy (non-hydrogen) atoms. The number of carbonyl (C=O) groups excluding carboxylic acids is 1. The molecular formula is C14H22N4O. The Morgan fingerprint density at radius 2 is 2.32 bits per heavy atom. The van der Waals surface area contributed by atoms with Crippen LogP contribution in [0.4, 0.5) is 0 Å². The summed E-state index contributed by atoms with van der Waals surface area (Å²) in [6.45, 7) is 4.81. The van der Waals surface area contributed by atoms with Crippen molar-refractivity contribution in [3.63, 3.8) is 0 Å². The van der Waals surface area contributed by atoms with Gasteiger partial charge in [0.15, 0.2) is 0 Å². The Morgan fingerprint density at radius 1 is 1.42 bits per heavy atom. The lowest BCUT2D eigenvalue weighted by molar-refractivity contribution is 0.0650. The summed E-state index contributed by atoms with van der Waals surface area (Å²) in [6.07, 6.45) is 6.54. The number of hydrogen-bond acceptors (Lipinski definition) is 3. The van der Waals surface area contributed by atoms with Crippen molar-refractivity contribution < 1.29 is 4.79 Å². The van der Waals surface area contributed by atoms with E-state index >= 15 is 0 Å². The van der Waals surface area contributed by atoms with Gasteiger partial charge >= 0.3 is 0 Å². The van der Waals surface area contributed by atoms with Gasteiger partial charge in [-0.3, -0.25) is 9.89 Å². The maximum absolute atomic E-state index is 12.5. The lowest BCUT2D eigenvalue weighted by Crippen LogP contribution is -2.45. The van der Waals surface area contributed by atoms with E-state index in [2.05, 4.69) is 15.5 Å². The summed E-state index contributed by atoms with van der Waals surface area (Å²) in [5, 5.41) is 10.4. The monoisotopic (exact) mass is 262 g/mol. The molecule has 2 N–H and O–H groups in total. The molecule has 5 heteroatoms. The Morgan fingerprint density at radius 3 is 3.00 bits per heavy atom. The minimum atomic E-state index is 0.133. The van der Waals surface area contributed by atoms with Crippen molar-refractivity contribution in [1.82, 2.24) is 20.4 Å². The van der Waals surface area contributed by atoms with Crippen LogP contribution in [0.5, 0.6) is 0 Å². The van der Waals surface area contributed by atoms with Gasteiger partial charge in [-0.15, -0.1) is 0 Å². The number of carbonyl (C=O) groups is 1. The molecule has 3 heterocycles. The summed E-state index contributed by atoms with van der Waals surface area (Å²) in [5.74, 6) is 0.751. The number of aromatic amines is 1. The van der Waals surface area contributed by atoms with E-state index in [0.717, 1.165) is 37.3 Å². The van der Waals surface area contributed by atoms with Crippen LogP contribution < -0.4 is 5.32 Å². The highest BCUT2D eigenvalue weighted by Crippen LogP contribution is 2.25.